The third-order valence-electron chi connectivity index (χ3n) is 2.83. The molecular weight excluding hydrogens is 258 g/mol. The summed E-state index contributed by atoms with van der Waals surface area (Å²) in [4.78, 5) is 17.8. The van der Waals surface area contributed by atoms with Crippen molar-refractivity contribution in [3.8, 4) is 11.3 Å². The zero-order chi connectivity index (χ0) is 14.5. The van der Waals surface area contributed by atoms with Crippen molar-refractivity contribution in [1.29, 1.82) is 0 Å². The molecule has 0 atom stereocenters. The average molecular weight is 275 g/mol. The molecule has 0 spiro atoms. The molecule has 0 fully saturated rings. The first-order chi connectivity index (χ1) is 9.63. The van der Waals surface area contributed by atoms with Crippen molar-refractivity contribution in [2.24, 2.45) is 0 Å². The van der Waals surface area contributed by atoms with Crippen LogP contribution in [-0.4, -0.2) is 58.6 Å². The number of carbonyl (C=O) groups excluding carboxylic acids is 1. The second-order valence-corrected chi connectivity index (χ2v) is 4.54. The molecule has 2 heterocycles. The van der Waals surface area contributed by atoms with Crippen LogP contribution in [-0.2, 0) is 11.3 Å². The highest BCUT2D eigenvalue weighted by molar-refractivity contribution is 5.93. The van der Waals surface area contributed by atoms with Crippen LogP contribution in [0.5, 0.6) is 0 Å². The number of methoxy groups -OCH3 is 1. The molecule has 0 radical (unpaired) electrons. The highest BCUT2D eigenvalue weighted by Crippen LogP contribution is 2.22. The standard InChI is InChI=1S/C13H17N5O2/c1-17(2)8-9-18-12(10-4-6-14-7-5-10)11(15-16-18)13(19)20-3/h4-7H,8-9H2,1-3H3. The van der Waals surface area contributed by atoms with Crippen LogP contribution in [0.25, 0.3) is 11.3 Å². The van der Waals surface area contributed by atoms with Crippen LogP contribution in [0.2, 0.25) is 0 Å². The van der Waals surface area contributed by atoms with E-state index in [-0.39, 0.29) is 5.69 Å². The molecule has 7 nitrogen and oxygen atoms in total. The monoisotopic (exact) mass is 275 g/mol. The minimum Gasteiger partial charge on any atom is -0.464 e. The van der Waals surface area contributed by atoms with E-state index in [1.54, 1.807) is 17.1 Å². The Labute approximate surface area is 117 Å². The Balaban J connectivity index is 2.43. The number of aromatic nitrogens is 4. The number of esters is 1. The maximum absolute atomic E-state index is 11.8. The fourth-order valence-corrected chi connectivity index (χ4v) is 1.79. The van der Waals surface area contributed by atoms with Gasteiger partial charge in [0.1, 0.15) is 5.69 Å². The summed E-state index contributed by atoms with van der Waals surface area (Å²) in [6.07, 6.45) is 3.33. The Morgan fingerprint density at radius 2 is 2.05 bits per heavy atom. The molecule has 20 heavy (non-hydrogen) atoms. The van der Waals surface area contributed by atoms with Gasteiger partial charge in [-0.3, -0.25) is 4.98 Å². The fraction of sp³-hybridized carbons (Fsp3) is 0.385. The Morgan fingerprint density at radius 3 is 2.65 bits per heavy atom. The summed E-state index contributed by atoms with van der Waals surface area (Å²) in [6.45, 7) is 1.43. The predicted molar refractivity (Wildman–Crippen MR) is 73.1 cm³/mol. The zero-order valence-corrected chi connectivity index (χ0v) is 11.8. The quantitative estimate of drug-likeness (QED) is 0.747. The Kier molecular flexibility index (Phi) is 4.41. The molecule has 0 aromatic carbocycles. The maximum atomic E-state index is 11.8. The summed E-state index contributed by atoms with van der Waals surface area (Å²) in [6, 6.07) is 3.63. The van der Waals surface area contributed by atoms with Crippen molar-refractivity contribution in [2.75, 3.05) is 27.7 Å². The first kappa shape index (κ1) is 14.1. The number of nitrogens with zero attached hydrogens (tertiary/aromatic N) is 5. The third kappa shape index (κ3) is 3.00. The van der Waals surface area contributed by atoms with E-state index >= 15 is 0 Å². The molecule has 2 aromatic rings. The van der Waals surface area contributed by atoms with Gasteiger partial charge in [0.25, 0.3) is 0 Å². The van der Waals surface area contributed by atoms with Crippen LogP contribution in [0.4, 0.5) is 0 Å². The lowest BCUT2D eigenvalue weighted by molar-refractivity contribution is 0.0595. The van der Waals surface area contributed by atoms with Gasteiger partial charge in [0, 0.05) is 24.5 Å². The number of hydrogen-bond acceptors (Lipinski definition) is 6. The number of rotatable bonds is 5. The van der Waals surface area contributed by atoms with Gasteiger partial charge in [0.2, 0.25) is 0 Å². The van der Waals surface area contributed by atoms with Crippen molar-refractivity contribution in [3.63, 3.8) is 0 Å². The molecule has 0 saturated heterocycles. The summed E-state index contributed by atoms with van der Waals surface area (Å²) >= 11 is 0. The van der Waals surface area contributed by atoms with Crippen molar-refractivity contribution >= 4 is 5.97 Å². The highest BCUT2D eigenvalue weighted by atomic mass is 16.5. The number of ether oxygens (including phenoxy) is 1. The molecular formula is C13H17N5O2. The number of pyridine rings is 1. The first-order valence-corrected chi connectivity index (χ1v) is 6.20. The summed E-state index contributed by atoms with van der Waals surface area (Å²) < 4.78 is 6.47. The summed E-state index contributed by atoms with van der Waals surface area (Å²) in [5, 5.41) is 7.99. The van der Waals surface area contributed by atoms with Crippen LogP contribution in [0.1, 0.15) is 10.5 Å². The third-order valence-corrected chi connectivity index (χ3v) is 2.83. The largest absolute Gasteiger partial charge is 0.464 e. The van der Waals surface area contributed by atoms with E-state index in [0.717, 1.165) is 12.1 Å². The second kappa shape index (κ2) is 6.25. The fourth-order valence-electron chi connectivity index (χ4n) is 1.79. The van der Waals surface area contributed by atoms with E-state index in [1.807, 2.05) is 31.1 Å². The van der Waals surface area contributed by atoms with Crippen molar-refractivity contribution in [3.05, 3.63) is 30.2 Å². The van der Waals surface area contributed by atoms with Gasteiger partial charge < -0.3 is 9.64 Å². The molecule has 106 valence electrons. The molecule has 0 aliphatic carbocycles. The summed E-state index contributed by atoms with van der Waals surface area (Å²) in [7, 11) is 5.28. The first-order valence-electron chi connectivity index (χ1n) is 6.20. The highest BCUT2D eigenvalue weighted by Gasteiger charge is 2.21. The Bertz CT molecular complexity index is 580. The van der Waals surface area contributed by atoms with Gasteiger partial charge in [-0.25, -0.2) is 9.48 Å². The summed E-state index contributed by atoms with van der Waals surface area (Å²) in [5.41, 5.74) is 1.71. The van der Waals surface area contributed by atoms with E-state index in [9.17, 15) is 4.79 Å². The molecule has 0 unspecified atom stereocenters. The average Bonchev–Trinajstić information content (AvgIpc) is 2.89. The Morgan fingerprint density at radius 1 is 1.35 bits per heavy atom. The number of likely N-dealkylation sites (N-methyl/N-ethyl adjacent to an activating group) is 1. The van der Waals surface area contributed by atoms with Gasteiger partial charge in [0.05, 0.1) is 13.7 Å². The van der Waals surface area contributed by atoms with Gasteiger partial charge in [-0.15, -0.1) is 5.10 Å². The SMILES string of the molecule is COC(=O)c1nnn(CCN(C)C)c1-c1ccncc1. The van der Waals surface area contributed by atoms with Gasteiger partial charge in [0.15, 0.2) is 5.69 Å². The molecule has 0 aliphatic rings. The minimum absolute atomic E-state index is 0.220. The van der Waals surface area contributed by atoms with Gasteiger partial charge in [-0.2, -0.15) is 0 Å². The van der Waals surface area contributed by atoms with Crippen molar-refractivity contribution in [1.82, 2.24) is 24.9 Å². The molecule has 2 aromatic heterocycles. The van der Waals surface area contributed by atoms with E-state index < -0.39 is 5.97 Å². The lowest BCUT2D eigenvalue weighted by atomic mass is 10.1. The van der Waals surface area contributed by atoms with Crippen LogP contribution in [0.15, 0.2) is 24.5 Å². The van der Waals surface area contributed by atoms with Crippen molar-refractivity contribution in [2.45, 2.75) is 6.54 Å². The molecule has 2 rings (SSSR count). The van der Waals surface area contributed by atoms with Gasteiger partial charge >= 0.3 is 5.97 Å². The lowest BCUT2D eigenvalue weighted by Gasteiger charge is -2.11. The molecule has 0 N–H and O–H groups in total. The van der Waals surface area contributed by atoms with Crippen LogP contribution in [0.3, 0.4) is 0 Å². The van der Waals surface area contributed by atoms with E-state index in [0.29, 0.717) is 12.2 Å². The minimum atomic E-state index is -0.493. The van der Waals surface area contributed by atoms with Gasteiger partial charge in [-0.1, -0.05) is 5.21 Å². The second-order valence-electron chi connectivity index (χ2n) is 4.54. The van der Waals surface area contributed by atoms with Crippen molar-refractivity contribution < 1.29 is 9.53 Å². The normalized spacial score (nSPS) is 10.8. The van der Waals surface area contributed by atoms with Gasteiger partial charge in [-0.05, 0) is 26.2 Å². The topological polar surface area (TPSA) is 73.1 Å². The van der Waals surface area contributed by atoms with E-state index in [1.165, 1.54) is 7.11 Å². The van der Waals surface area contributed by atoms with E-state index in [2.05, 4.69) is 15.3 Å². The van der Waals surface area contributed by atoms with Crippen LogP contribution >= 0.6 is 0 Å². The summed E-state index contributed by atoms with van der Waals surface area (Å²) in [5.74, 6) is -0.493. The molecule has 0 aliphatic heterocycles. The smallest absolute Gasteiger partial charge is 0.360 e. The Hall–Kier alpha value is -2.28. The lowest BCUT2D eigenvalue weighted by Crippen LogP contribution is -2.19. The molecule has 0 amide bonds. The number of hydrogen-bond donors (Lipinski definition) is 0. The van der Waals surface area contributed by atoms with Crippen LogP contribution in [0, 0.1) is 0 Å². The zero-order valence-electron chi connectivity index (χ0n) is 11.8. The van der Waals surface area contributed by atoms with Crippen LogP contribution < -0.4 is 0 Å². The molecule has 7 heteroatoms. The molecule has 0 bridgehead atoms. The predicted octanol–water partition coefficient (Wildman–Crippen LogP) is 0.688. The maximum Gasteiger partial charge on any atom is 0.360 e. The number of carbonyl (C=O) groups is 1. The van der Waals surface area contributed by atoms with E-state index in [4.69, 9.17) is 4.74 Å². The molecule has 0 saturated carbocycles.